The number of amides is 1. The maximum atomic E-state index is 12.9. The maximum absolute atomic E-state index is 12.9. The van der Waals surface area contributed by atoms with Crippen LogP contribution in [0.25, 0.3) is 0 Å². The molecule has 0 bridgehead atoms. The van der Waals surface area contributed by atoms with Gasteiger partial charge in [0, 0.05) is 17.6 Å². The van der Waals surface area contributed by atoms with Gasteiger partial charge >= 0.3 is 0 Å². The summed E-state index contributed by atoms with van der Waals surface area (Å²) in [7, 11) is 0. The lowest BCUT2D eigenvalue weighted by Gasteiger charge is -2.25. The number of nitrogens with zero attached hydrogens (tertiary/aromatic N) is 2. The number of hydrogen-bond acceptors (Lipinski definition) is 6. The minimum absolute atomic E-state index is 0.0873. The van der Waals surface area contributed by atoms with Gasteiger partial charge in [0.15, 0.2) is 5.13 Å². The number of carbonyl (C=O) groups excluding carboxylic acids is 1. The molecule has 6 nitrogen and oxygen atoms in total. The predicted molar refractivity (Wildman–Crippen MR) is 113 cm³/mol. The fraction of sp³-hybridized carbons (Fsp3) is 0.238. The van der Waals surface area contributed by atoms with Crippen LogP contribution in [0.1, 0.15) is 22.9 Å². The SMILES string of the molecule is Nc1ccc(CCN(CC(O)c2ccccc2)C(=O)Cc2csc(N)n2)cc1. The lowest BCUT2D eigenvalue weighted by atomic mass is 10.1. The summed E-state index contributed by atoms with van der Waals surface area (Å²) in [5, 5.41) is 12.8. The Balaban J connectivity index is 1.70. The molecule has 0 saturated heterocycles. The monoisotopic (exact) mass is 396 g/mol. The van der Waals surface area contributed by atoms with Crippen LogP contribution < -0.4 is 11.5 Å². The highest BCUT2D eigenvalue weighted by Crippen LogP contribution is 2.17. The molecule has 0 aliphatic carbocycles. The summed E-state index contributed by atoms with van der Waals surface area (Å²) in [6, 6.07) is 16.9. The Morgan fingerprint density at radius 1 is 1.11 bits per heavy atom. The summed E-state index contributed by atoms with van der Waals surface area (Å²) >= 11 is 1.32. The standard InChI is InChI=1S/C21H24N4O2S/c22-17-8-6-15(7-9-17)10-11-25(13-19(26)16-4-2-1-3-5-16)20(27)12-18-14-28-21(23)24-18/h1-9,14,19,26H,10-13,22H2,(H2,23,24). The summed E-state index contributed by atoms with van der Waals surface area (Å²) in [5.74, 6) is -0.0873. The first-order valence-electron chi connectivity index (χ1n) is 9.06. The average molecular weight is 397 g/mol. The first-order valence-corrected chi connectivity index (χ1v) is 9.94. The van der Waals surface area contributed by atoms with Gasteiger partial charge in [-0.1, -0.05) is 42.5 Å². The molecule has 0 radical (unpaired) electrons. The van der Waals surface area contributed by atoms with Crippen molar-refractivity contribution in [3.63, 3.8) is 0 Å². The van der Waals surface area contributed by atoms with Crippen LogP contribution in [0.2, 0.25) is 0 Å². The molecule has 146 valence electrons. The topological polar surface area (TPSA) is 105 Å². The minimum Gasteiger partial charge on any atom is -0.399 e. The average Bonchev–Trinajstić information content (AvgIpc) is 3.11. The summed E-state index contributed by atoms with van der Waals surface area (Å²) in [6.07, 6.45) is 0.0843. The number of aromatic nitrogens is 1. The molecule has 0 aliphatic heterocycles. The molecule has 2 aromatic carbocycles. The van der Waals surface area contributed by atoms with Gasteiger partial charge in [0.1, 0.15) is 0 Å². The van der Waals surface area contributed by atoms with Crippen molar-refractivity contribution in [2.24, 2.45) is 0 Å². The Morgan fingerprint density at radius 3 is 2.46 bits per heavy atom. The van der Waals surface area contributed by atoms with Gasteiger partial charge in [-0.25, -0.2) is 4.98 Å². The number of benzene rings is 2. The molecule has 1 amide bonds. The Bertz CT molecular complexity index is 896. The van der Waals surface area contributed by atoms with Gasteiger partial charge in [0.25, 0.3) is 0 Å². The van der Waals surface area contributed by atoms with Gasteiger partial charge in [0.05, 0.1) is 24.8 Å². The molecule has 3 rings (SSSR count). The third kappa shape index (κ3) is 5.55. The largest absolute Gasteiger partial charge is 0.399 e. The van der Waals surface area contributed by atoms with Crippen LogP contribution in [0.15, 0.2) is 60.0 Å². The van der Waals surface area contributed by atoms with Gasteiger partial charge in [-0.2, -0.15) is 0 Å². The highest BCUT2D eigenvalue weighted by molar-refractivity contribution is 7.13. The van der Waals surface area contributed by atoms with Crippen LogP contribution in [-0.2, 0) is 17.6 Å². The Kier molecular flexibility index (Phi) is 6.62. The molecular formula is C21H24N4O2S. The van der Waals surface area contributed by atoms with E-state index in [-0.39, 0.29) is 18.9 Å². The summed E-state index contributed by atoms with van der Waals surface area (Å²) in [5.41, 5.74) is 14.6. The van der Waals surface area contributed by atoms with E-state index in [0.717, 1.165) is 11.1 Å². The van der Waals surface area contributed by atoms with Gasteiger partial charge in [-0.15, -0.1) is 11.3 Å². The molecule has 1 unspecified atom stereocenters. The van der Waals surface area contributed by atoms with Crippen LogP contribution in [0.3, 0.4) is 0 Å². The molecule has 1 atom stereocenters. The second-order valence-corrected chi connectivity index (χ2v) is 7.50. The maximum Gasteiger partial charge on any atom is 0.228 e. The van der Waals surface area contributed by atoms with Gasteiger partial charge < -0.3 is 21.5 Å². The van der Waals surface area contributed by atoms with Crippen molar-refractivity contribution in [3.05, 3.63) is 76.8 Å². The van der Waals surface area contributed by atoms with E-state index >= 15 is 0 Å². The van der Waals surface area contributed by atoms with Crippen LogP contribution in [-0.4, -0.2) is 34.0 Å². The molecule has 0 aliphatic rings. The third-order valence-electron chi connectivity index (χ3n) is 4.48. The molecule has 1 heterocycles. The molecule has 3 aromatic rings. The van der Waals surface area contributed by atoms with Crippen molar-refractivity contribution in [1.82, 2.24) is 9.88 Å². The quantitative estimate of drug-likeness (QED) is 0.508. The molecule has 28 heavy (non-hydrogen) atoms. The first kappa shape index (κ1) is 19.9. The highest BCUT2D eigenvalue weighted by atomic mass is 32.1. The van der Waals surface area contributed by atoms with E-state index in [1.54, 1.807) is 10.3 Å². The number of thiazole rings is 1. The van der Waals surface area contributed by atoms with Gasteiger partial charge in [-0.3, -0.25) is 4.79 Å². The first-order chi connectivity index (χ1) is 13.5. The molecule has 0 fully saturated rings. The zero-order valence-electron chi connectivity index (χ0n) is 15.5. The van der Waals surface area contributed by atoms with Crippen molar-refractivity contribution in [2.45, 2.75) is 18.9 Å². The van der Waals surface area contributed by atoms with Gasteiger partial charge in [0.2, 0.25) is 5.91 Å². The van der Waals surface area contributed by atoms with Gasteiger partial charge in [-0.05, 0) is 29.7 Å². The zero-order chi connectivity index (χ0) is 19.9. The Hall–Kier alpha value is -2.90. The normalized spacial score (nSPS) is 11.9. The predicted octanol–water partition coefficient (Wildman–Crippen LogP) is 2.65. The van der Waals surface area contributed by atoms with Crippen LogP contribution >= 0.6 is 11.3 Å². The molecule has 0 saturated carbocycles. The molecule has 0 spiro atoms. The van der Waals surface area contributed by atoms with Crippen LogP contribution in [0.5, 0.6) is 0 Å². The second kappa shape index (κ2) is 9.34. The summed E-state index contributed by atoms with van der Waals surface area (Å²) in [4.78, 5) is 18.7. The number of aliphatic hydroxyl groups is 1. The molecule has 7 heteroatoms. The van der Waals surface area contributed by atoms with Crippen molar-refractivity contribution >= 4 is 28.1 Å². The van der Waals surface area contributed by atoms with Crippen molar-refractivity contribution in [3.8, 4) is 0 Å². The fourth-order valence-electron chi connectivity index (χ4n) is 2.93. The number of aliphatic hydroxyl groups excluding tert-OH is 1. The van der Waals surface area contributed by atoms with Crippen molar-refractivity contribution in [1.29, 1.82) is 0 Å². The molecular weight excluding hydrogens is 372 g/mol. The van der Waals surface area contributed by atoms with Crippen LogP contribution in [0.4, 0.5) is 10.8 Å². The van der Waals surface area contributed by atoms with E-state index < -0.39 is 6.10 Å². The van der Waals surface area contributed by atoms with E-state index in [0.29, 0.717) is 29.5 Å². The highest BCUT2D eigenvalue weighted by Gasteiger charge is 2.20. The third-order valence-corrected chi connectivity index (χ3v) is 5.21. The Labute approximate surface area is 168 Å². The van der Waals surface area contributed by atoms with E-state index in [4.69, 9.17) is 11.5 Å². The lowest BCUT2D eigenvalue weighted by molar-refractivity contribution is -0.132. The van der Waals surface area contributed by atoms with E-state index in [2.05, 4.69) is 4.98 Å². The van der Waals surface area contributed by atoms with Crippen molar-refractivity contribution in [2.75, 3.05) is 24.6 Å². The zero-order valence-corrected chi connectivity index (χ0v) is 16.3. The van der Waals surface area contributed by atoms with Crippen LogP contribution in [0, 0.1) is 0 Å². The van der Waals surface area contributed by atoms with E-state index in [9.17, 15) is 9.90 Å². The van der Waals surface area contributed by atoms with Crippen molar-refractivity contribution < 1.29 is 9.90 Å². The second-order valence-electron chi connectivity index (χ2n) is 6.61. The number of hydrogen-bond donors (Lipinski definition) is 3. The fourth-order valence-corrected chi connectivity index (χ4v) is 3.49. The van der Waals surface area contributed by atoms with E-state index in [1.807, 2.05) is 54.6 Å². The lowest BCUT2D eigenvalue weighted by Crippen LogP contribution is -2.37. The molecule has 1 aromatic heterocycles. The number of carbonyl (C=O) groups is 1. The Morgan fingerprint density at radius 2 is 1.82 bits per heavy atom. The number of rotatable bonds is 8. The number of anilines is 2. The summed E-state index contributed by atoms with van der Waals surface area (Å²) in [6.45, 7) is 0.712. The number of nitrogen functional groups attached to an aromatic ring is 2. The minimum atomic E-state index is -0.753. The van der Waals surface area contributed by atoms with E-state index in [1.165, 1.54) is 11.3 Å². The smallest absolute Gasteiger partial charge is 0.228 e. The summed E-state index contributed by atoms with van der Waals surface area (Å²) < 4.78 is 0. The number of nitrogens with two attached hydrogens (primary N) is 2. The molecule has 5 N–H and O–H groups in total.